The second-order valence-electron chi connectivity index (χ2n) is 15.2. The number of carboxylic acids is 1. The number of nitrogens with zero attached hydrogens (tertiary/aromatic N) is 2. The molecule has 0 radical (unpaired) electrons. The summed E-state index contributed by atoms with van der Waals surface area (Å²) in [5.74, 6) is -0.739. The Labute approximate surface area is 279 Å². The first kappa shape index (κ1) is 36.3. The number of ether oxygens (including phenoxy) is 2. The quantitative estimate of drug-likeness (QED) is 0.186. The highest BCUT2D eigenvalue weighted by Crippen LogP contribution is 2.38. The van der Waals surface area contributed by atoms with Crippen molar-refractivity contribution in [2.45, 2.75) is 104 Å². The predicted octanol–water partition coefficient (Wildman–Crippen LogP) is 7.02. The Morgan fingerprint density at radius 3 is 2.23 bits per heavy atom. The molecule has 256 valence electrons. The Balaban J connectivity index is 1.63. The number of aromatic nitrogens is 2. The molecule has 3 aromatic rings. The lowest BCUT2D eigenvalue weighted by Crippen LogP contribution is -2.49. The molecule has 1 aliphatic heterocycles. The normalized spacial score (nSPS) is 17.2. The number of benzene rings is 2. The number of carbonyl (C=O) groups is 1. The zero-order chi connectivity index (χ0) is 34.8. The Bertz CT molecular complexity index is 1660. The van der Waals surface area contributed by atoms with E-state index < -0.39 is 16.0 Å². The summed E-state index contributed by atoms with van der Waals surface area (Å²) in [6.45, 7) is 20.2. The summed E-state index contributed by atoms with van der Waals surface area (Å²) in [5, 5.41) is 13.1. The molecule has 0 spiro atoms. The van der Waals surface area contributed by atoms with Crippen LogP contribution >= 0.6 is 0 Å². The van der Waals surface area contributed by atoms with Crippen molar-refractivity contribution in [1.29, 1.82) is 0 Å². The summed E-state index contributed by atoms with van der Waals surface area (Å²) >= 11 is 0. The van der Waals surface area contributed by atoms with Gasteiger partial charge in [0.25, 0.3) is 10.0 Å². The summed E-state index contributed by atoms with van der Waals surface area (Å²) < 4.78 is 41.8. The third kappa shape index (κ3) is 10.2. The molecule has 11 heteroatoms. The molecule has 2 heterocycles. The fourth-order valence-corrected chi connectivity index (χ4v) is 7.74. The van der Waals surface area contributed by atoms with E-state index in [0.29, 0.717) is 18.2 Å². The first-order chi connectivity index (χ1) is 21.7. The highest BCUT2D eigenvalue weighted by molar-refractivity contribution is 7.92. The van der Waals surface area contributed by atoms with Gasteiger partial charge in [-0.3, -0.25) is 0 Å². The number of aromatic carboxylic acids is 1. The molecule has 1 aliphatic rings. The highest BCUT2D eigenvalue weighted by Gasteiger charge is 2.39. The molecule has 1 atom stereocenters. The summed E-state index contributed by atoms with van der Waals surface area (Å²) in [7, 11) is -4.22. The first-order valence-corrected chi connectivity index (χ1v) is 17.6. The second-order valence-corrected chi connectivity index (χ2v) is 16.9. The van der Waals surface area contributed by atoms with Gasteiger partial charge in [-0.15, -0.1) is 0 Å². The van der Waals surface area contributed by atoms with Crippen LogP contribution < -0.4 is 14.8 Å². The Hall–Kier alpha value is -3.54. The number of aryl methyl sites for hydroxylation is 2. The minimum Gasteiger partial charge on any atom is -0.478 e. The fraction of sp³-hybridized carbons (Fsp3) is 0.528. The van der Waals surface area contributed by atoms with Gasteiger partial charge in [-0.25, -0.2) is 22.9 Å². The largest absolute Gasteiger partial charge is 0.478 e. The maximum Gasteiger partial charge on any atom is 0.335 e. The number of rotatable bonds is 12. The van der Waals surface area contributed by atoms with Gasteiger partial charge in [0, 0.05) is 17.7 Å². The van der Waals surface area contributed by atoms with Crippen LogP contribution in [0.2, 0.25) is 0 Å². The maximum atomic E-state index is 13.4. The van der Waals surface area contributed by atoms with Crippen molar-refractivity contribution in [2.24, 2.45) is 11.3 Å². The SMILES string of the molecule is Cc1cccc(C)c1-c1cc(OC[C@@H](CC(C)(C)C)NCC2CC(C)(C)OC(C)(C)C2)nc(NS(=O)(=O)c2cccc(C(=O)O)c2)n1. The van der Waals surface area contributed by atoms with Gasteiger partial charge < -0.3 is 19.9 Å². The van der Waals surface area contributed by atoms with Crippen molar-refractivity contribution < 1.29 is 27.8 Å². The topological polar surface area (TPSA) is 140 Å². The van der Waals surface area contributed by atoms with Gasteiger partial charge in [-0.05, 0) is 108 Å². The van der Waals surface area contributed by atoms with E-state index in [9.17, 15) is 18.3 Å². The Morgan fingerprint density at radius 2 is 1.64 bits per heavy atom. The van der Waals surface area contributed by atoms with Crippen molar-refractivity contribution in [3.05, 3.63) is 65.2 Å². The number of sulfonamides is 1. The summed E-state index contributed by atoms with van der Waals surface area (Å²) in [6, 6.07) is 12.8. The minimum absolute atomic E-state index is 0.00147. The molecule has 10 nitrogen and oxygen atoms in total. The molecule has 4 rings (SSSR count). The predicted molar refractivity (Wildman–Crippen MR) is 184 cm³/mol. The molecule has 0 aliphatic carbocycles. The van der Waals surface area contributed by atoms with Crippen LogP contribution in [0, 0.1) is 25.2 Å². The fourth-order valence-electron chi connectivity index (χ4n) is 6.75. The summed E-state index contributed by atoms with van der Waals surface area (Å²) in [6.07, 6.45) is 2.75. The molecule has 0 saturated carbocycles. The molecular formula is C36H50N4O6S. The molecule has 1 saturated heterocycles. The van der Waals surface area contributed by atoms with Crippen LogP contribution in [0.5, 0.6) is 5.88 Å². The monoisotopic (exact) mass is 666 g/mol. The van der Waals surface area contributed by atoms with Gasteiger partial charge in [0.1, 0.15) is 6.61 Å². The average molecular weight is 667 g/mol. The van der Waals surface area contributed by atoms with Crippen molar-refractivity contribution in [3.8, 4) is 17.1 Å². The van der Waals surface area contributed by atoms with Gasteiger partial charge in [-0.2, -0.15) is 4.98 Å². The molecule has 47 heavy (non-hydrogen) atoms. The van der Waals surface area contributed by atoms with Crippen LogP contribution in [0.4, 0.5) is 5.95 Å². The van der Waals surface area contributed by atoms with E-state index in [4.69, 9.17) is 9.47 Å². The highest BCUT2D eigenvalue weighted by atomic mass is 32.2. The number of anilines is 1. The van der Waals surface area contributed by atoms with Gasteiger partial charge in [0.2, 0.25) is 11.8 Å². The number of hydrogen-bond acceptors (Lipinski definition) is 8. The first-order valence-electron chi connectivity index (χ1n) is 16.1. The molecule has 0 unspecified atom stereocenters. The van der Waals surface area contributed by atoms with E-state index in [-0.39, 0.29) is 44.9 Å². The van der Waals surface area contributed by atoms with Gasteiger partial charge in [0.05, 0.1) is 27.4 Å². The zero-order valence-corrected chi connectivity index (χ0v) is 29.9. The van der Waals surface area contributed by atoms with Crippen molar-refractivity contribution in [1.82, 2.24) is 15.3 Å². The van der Waals surface area contributed by atoms with Gasteiger partial charge >= 0.3 is 5.97 Å². The van der Waals surface area contributed by atoms with Crippen molar-refractivity contribution in [3.63, 3.8) is 0 Å². The van der Waals surface area contributed by atoms with E-state index in [1.807, 2.05) is 32.0 Å². The molecule has 1 fully saturated rings. The van der Waals surface area contributed by atoms with Crippen LogP contribution in [0.25, 0.3) is 11.3 Å². The molecule has 3 N–H and O–H groups in total. The molecule has 2 aromatic carbocycles. The van der Waals surface area contributed by atoms with Gasteiger partial charge in [-0.1, -0.05) is 45.0 Å². The molecule has 0 amide bonds. The van der Waals surface area contributed by atoms with E-state index in [1.54, 1.807) is 6.07 Å². The second kappa shape index (κ2) is 13.9. The molecule has 1 aromatic heterocycles. The minimum atomic E-state index is -4.22. The average Bonchev–Trinajstić information content (AvgIpc) is 2.92. The van der Waals surface area contributed by atoms with Crippen LogP contribution in [0.15, 0.2) is 53.4 Å². The Kier molecular flexibility index (Phi) is 10.7. The number of hydrogen-bond donors (Lipinski definition) is 3. The van der Waals surface area contributed by atoms with E-state index in [1.165, 1.54) is 18.2 Å². The maximum absolute atomic E-state index is 13.4. The number of nitrogens with one attached hydrogen (secondary N) is 2. The zero-order valence-electron chi connectivity index (χ0n) is 29.1. The van der Waals surface area contributed by atoms with Gasteiger partial charge in [0.15, 0.2) is 0 Å². The van der Waals surface area contributed by atoms with Crippen LogP contribution in [0.3, 0.4) is 0 Å². The van der Waals surface area contributed by atoms with E-state index >= 15 is 0 Å². The lowest BCUT2D eigenvalue weighted by Gasteiger charge is -2.45. The summed E-state index contributed by atoms with van der Waals surface area (Å²) in [4.78, 5) is 20.3. The van der Waals surface area contributed by atoms with Crippen LogP contribution in [-0.4, -0.2) is 59.9 Å². The Morgan fingerprint density at radius 1 is 1.02 bits per heavy atom. The standard InChI is InChI=1S/C36H50N4O6S/c1-23-12-10-13-24(2)31(23)29-17-30(39-33(38-29)40-47(43,44)28-15-11-14-26(16-28)32(41)42)45-22-27(20-34(3,4)5)37-21-25-18-35(6,7)46-36(8,9)19-25/h10-17,25,27,37H,18-22H2,1-9H3,(H,41,42)(H,38,39,40)/t27-/m1/s1. The van der Waals surface area contributed by atoms with Crippen molar-refractivity contribution >= 4 is 21.9 Å². The lowest BCUT2D eigenvalue weighted by atomic mass is 9.80. The van der Waals surface area contributed by atoms with E-state index in [0.717, 1.165) is 48.6 Å². The third-order valence-corrected chi connectivity index (χ3v) is 9.48. The number of carboxylic acid groups (broad SMARTS) is 1. The lowest BCUT2D eigenvalue weighted by molar-refractivity contribution is -0.172. The van der Waals surface area contributed by atoms with Crippen LogP contribution in [-0.2, 0) is 14.8 Å². The van der Waals surface area contributed by atoms with E-state index in [2.05, 4.69) is 68.5 Å². The summed E-state index contributed by atoms with van der Waals surface area (Å²) in [5.41, 5.74) is 2.76. The molecule has 0 bridgehead atoms. The van der Waals surface area contributed by atoms with Crippen LogP contribution in [0.1, 0.15) is 89.2 Å². The smallest absolute Gasteiger partial charge is 0.335 e. The van der Waals surface area contributed by atoms with Crippen molar-refractivity contribution in [2.75, 3.05) is 17.9 Å². The third-order valence-electron chi connectivity index (χ3n) is 8.16. The molecular weight excluding hydrogens is 616 g/mol.